The number of aromatic nitrogens is 1. The van der Waals surface area contributed by atoms with Crippen LogP contribution in [-0.4, -0.2) is 45.3 Å². The van der Waals surface area contributed by atoms with Crippen molar-refractivity contribution < 1.29 is 9.90 Å². The van der Waals surface area contributed by atoms with Gasteiger partial charge in [-0.1, -0.05) is 6.07 Å². The Morgan fingerprint density at radius 2 is 2.24 bits per heavy atom. The summed E-state index contributed by atoms with van der Waals surface area (Å²) in [5.41, 5.74) is 1.12. The highest BCUT2D eigenvalue weighted by Gasteiger charge is 2.35. The van der Waals surface area contributed by atoms with E-state index in [0.717, 1.165) is 25.1 Å². The van der Waals surface area contributed by atoms with Gasteiger partial charge in [-0.2, -0.15) is 0 Å². The molecule has 112 valence electrons. The van der Waals surface area contributed by atoms with Gasteiger partial charge in [-0.25, -0.2) is 0 Å². The summed E-state index contributed by atoms with van der Waals surface area (Å²) in [4.78, 5) is 24.7. The van der Waals surface area contributed by atoms with Gasteiger partial charge in [0, 0.05) is 24.8 Å². The monoisotopic (exact) mass is 307 g/mol. The zero-order valence-corrected chi connectivity index (χ0v) is 12.3. The van der Waals surface area contributed by atoms with E-state index in [4.69, 9.17) is 17.3 Å². The van der Waals surface area contributed by atoms with Crippen LogP contribution in [0.25, 0.3) is 0 Å². The van der Waals surface area contributed by atoms with Gasteiger partial charge in [0.1, 0.15) is 6.54 Å². The lowest BCUT2D eigenvalue weighted by atomic mass is 9.86. The summed E-state index contributed by atoms with van der Waals surface area (Å²) < 4.78 is 1.86. The number of carboxylic acids is 1. The lowest BCUT2D eigenvalue weighted by Crippen LogP contribution is -2.53. The largest absolute Gasteiger partial charge is 0.480 e. The molecule has 6 nitrogen and oxygen atoms in total. The van der Waals surface area contributed by atoms with E-state index in [1.54, 1.807) is 6.07 Å². The SMILES string of the molecule is O=C(O)CNC(=S)N1C[C@@H]2Cc3cccc(=O)n3[C@H](C2)C1. The van der Waals surface area contributed by atoms with E-state index in [1.165, 1.54) is 0 Å². The van der Waals surface area contributed by atoms with Gasteiger partial charge in [0.05, 0.1) is 6.04 Å². The van der Waals surface area contributed by atoms with Crippen LogP contribution in [0.15, 0.2) is 23.0 Å². The number of fused-ring (bicyclic) bond motifs is 4. The number of likely N-dealkylation sites (tertiary alicyclic amines) is 1. The number of hydrogen-bond acceptors (Lipinski definition) is 3. The van der Waals surface area contributed by atoms with Crippen LogP contribution in [0.1, 0.15) is 18.2 Å². The quantitative estimate of drug-likeness (QED) is 0.762. The number of carbonyl (C=O) groups is 1. The van der Waals surface area contributed by atoms with Gasteiger partial charge in [0.25, 0.3) is 5.56 Å². The number of carboxylic acid groups (broad SMARTS) is 1. The second kappa shape index (κ2) is 5.48. The van der Waals surface area contributed by atoms with Crippen molar-refractivity contribution in [2.24, 2.45) is 5.92 Å². The number of nitrogens with one attached hydrogen (secondary N) is 1. The standard InChI is InChI=1S/C14H17N3O3S/c18-12-3-1-2-10-4-9-5-11(17(10)12)8-16(7-9)14(21)15-6-13(19)20/h1-3,9,11H,4-8H2,(H,15,21)(H,19,20)/t9-,11-/m1/s1. The number of thiocarbonyl (C=S) groups is 1. The first-order chi connectivity index (χ1) is 10.0. The molecule has 0 aliphatic carbocycles. The summed E-state index contributed by atoms with van der Waals surface area (Å²) in [6, 6.07) is 5.53. The van der Waals surface area contributed by atoms with Crippen molar-refractivity contribution in [1.82, 2.24) is 14.8 Å². The normalized spacial score (nSPS) is 23.3. The van der Waals surface area contributed by atoms with Crippen molar-refractivity contribution in [2.45, 2.75) is 18.9 Å². The Kier molecular flexibility index (Phi) is 3.67. The first-order valence-electron chi connectivity index (χ1n) is 6.99. The molecule has 2 aliphatic heterocycles. The van der Waals surface area contributed by atoms with Gasteiger partial charge in [0.2, 0.25) is 0 Å². The van der Waals surface area contributed by atoms with Crippen molar-refractivity contribution in [3.05, 3.63) is 34.2 Å². The fraction of sp³-hybridized carbons (Fsp3) is 0.500. The van der Waals surface area contributed by atoms with Gasteiger partial charge < -0.3 is 19.9 Å². The molecule has 0 aromatic carbocycles. The van der Waals surface area contributed by atoms with Crippen LogP contribution in [-0.2, 0) is 11.2 Å². The summed E-state index contributed by atoms with van der Waals surface area (Å²) in [6.07, 6.45) is 1.85. The maximum Gasteiger partial charge on any atom is 0.322 e. The molecule has 0 saturated carbocycles. The first-order valence-corrected chi connectivity index (χ1v) is 7.40. The third-order valence-corrected chi connectivity index (χ3v) is 4.53. The van der Waals surface area contributed by atoms with Crippen molar-refractivity contribution >= 4 is 23.3 Å². The van der Waals surface area contributed by atoms with Gasteiger partial charge in [0.15, 0.2) is 5.11 Å². The third kappa shape index (κ3) is 2.78. The van der Waals surface area contributed by atoms with Gasteiger partial charge >= 0.3 is 5.97 Å². The predicted octanol–water partition coefficient (Wildman–Crippen LogP) is 0.226. The Morgan fingerprint density at radius 3 is 3.00 bits per heavy atom. The molecule has 2 bridgehead atoms. The van der Waals surface area contributed by atoms with Crippen LogP contribution < -0.4 is 10.9 Å². The molecule has 3 rings (SSSR count). The van der Waals surface area contributed by atoms with Gasteiger partial charge in [-0.05, 0) is 37.0 Å². The van der Waals surface area contributed by atoms with Crippen LogP contribution >= 0.6 is 12.2 Å². The fourth-order valence-corrected chi connectivity index (χ4v) is 3.58. The van der Waals surface area contributed by atoms with Crippen LogP contribution in [0.4, 0.5) is 0 Å². The Bertz CT molecular complexity index is 643. The van der Waals surface area contributed by atoms with E-state index < -0.39 is 5.97 Å². The number of rotatable bonds is 2. The number of hydrogen-bond donors (Lipinski definition) is 2. The molecule has 2 atom stereocenters. The van der Waals surface area contributed by atoms with E-state index in [0.29, 0.717) is 17.6 Å². The Hall–Kier alpha value is -1.89. The molecule has 3 heterocycles. The summed E-state index contributed by atoms with van der Waals surface area (Å²) in [5.74, 6) is -0.480. The van der Waals surface area contributed by atoms with Gasteiger partial charge in [-0.3, -0.25) is 9.59 Å². The smallest absolute Gasteiger partial charge is 0.322 e. The number of nitrogens with zero attached hydrogens (tertiary/aromatic N) is 2. The fourth-order valence-electron chi connectivity index (χ4n) is 3.36. The van der Waals surface area contributed by atoms with Crippen molar-refractivity contribution in [1.29, 1.82) is 0 Å². The molecule has 0 radical (unpaired) electrons. The summed E-state index contributed by atoms with van der Waals surface area (Å²) >= 11 is 5.27. The third-order valence-electron chi connectivity index (χ3n) is 4.13. The molecule has 0 spiro atoms. The number of aliphatic carboxylic acids is 1. The molecule has 7 heteroatoms. The van der Waals surface area contributed by atoms with E-state index in [-0.39, 0.29) is 18.1 Å². The van der Waals surface area contributed by atoms with Crippen LogP contribution in [0, 0.1) is 5.92 Å². The van der Waals surface area contributed by atoms with Crippen LogP contribution in [0.2, 0.25) is 0 Å². The second-order valence-electron chi connectivity index (χ2n) is 5.64. The highest BCUT2D eigenvalue weighted by atomic mass is 32.1. The highest BCUT2D eigenvalue weighted by Crippen LogP contribution is 2.32. The zero-order chi connectivity index (χ0) is 15.0. The molecular formula is C14H17N3O3S. The molecule has 0 unspecified atom stereocenters. The molecule has 1 fully saturated rings. The second-order valence-corrected chi connectivity index (χ2v) is 6.03. The lowest BCUT2D eigenvalue weighted by Gasteiger charge is -2.44. The van der Waals surface area contributed by atoms with E-state index in [2.05, 4.69) is 5.32 Å². The molecule has 2 aliphatic rings. The van der Waals surface area contributed by atoms with Crippen LogP contribution in [0.3, 0.4) is 0 Å². The predicted molar refractivity (Wildman–Crippen MR) is 81.4 cm³/mol. The topological polar surface area (TPSA) is 74.6 Å². The minimum Gasteiger partial charge on any atom is -0.480 e. The van der Waals surface area contributed by atoms with Crippen LogP contribution in [0.5, 0.6) is 0 Å². The Balaban J connectivity index is 1.78. The zero-order valence-electron chi connectivity index (χ0n) is 11.5. The molecule has 1 saturated heterocycles. The Morgan fingerprint density at radius 1 is 1.43 bits per heavy atom. The molecular weight excluding hydrogens is 290 g/mol. The van der Waals surface area contributed by atoms with E-state index >= 15 is 0 Å². The Labute approximate surface area is 127 Å². The average Bonchev–Trinajstić information content (AvgIpc) is 2.44. The molecule has 2 N–H and O–H groups in total. The van der Waals surface area contributed by atoms with E-state index in [9.17, 15) is 9.59 Å². The van der Waals surface area contributed by atoms with Crippen molar-refractivity contribution in [3.8, 4) is 0 Å². The molecule has 0 amide bonds. The number of pyridine rings is 1. The van der Waals surface area contributed by atoms with Gasteiger partial charge in [-0.15, -0.1) is 0 Å². The molecule has 1 aromatic rings. The minimum atomic E-state index is -0.934. The molecule has 1 aromatic heterocycles. The minimum absolute atomic E-state index is 0.0298. The highest BCUT2D eigenvalue weighted by molar-refractivity contribution is 7.80. The average molecular weight is 307 g/mol. The summed E-state index contributed by atoms with van der Waals surface area (Å²) in [6.45, 7) is 1.28. The summed E-state index contributed by atoms with van der Waals surface area (Å²) in [7, 11) is 0. The van der Waals surface area contributed by atoms with Crippen molar-refractivity contribution in [2.75, 3.05) is 19.6 Å². The lowest BCUT2D eigenvalue weighted by molar-refractivity contribution is -0.135. The summed E-state index contributed by atoms with van der Waals surface area (Å²) in [5, 5.41) is 11.9. The maximum atomic E-state index is 12.1. The van der Waals surface area contributed by atoms with Crippen molar-refractivity contribution in [3.63, 3.8) is 0 Å². The maximum absolute atomic E-state index is 12.1. The van der Waals surface area contributed by atoms with E-state index in [1.807, 2.05) is 21.6 Å². The molecule has 21 heavy (non-hydrogen) atoms. The first kappa shape index (κ1) is 14.1. The number of piperidine rings is 1.